The van der Waals surface area contributed by atoms with Crippen LogP contribution in [-0.2, 0) is 0 Å². The SMILES string of the molecule is C=C1CC[C@H]2[C@@](C)(CC[C@H]3C(C)(C)CCC[C@]23C)[C@@H]1C[C@H](O)c1ccoc1. The predicted molar refractivity (Wildman–Crippen MR) is 110 cm³/mol. The maximum Gasteiger partial charge on any atom is 0.0960 e. The number of fused-ring (bicyclic) bond motifs is 3. The average molecular weight is 371 g/mol. The van der Waals surface area contributed by atoms with Crippen LogP contribution in [0.2, 0.25) is 0 Å². The Kier molecular flexibility index (Phi) is 4.65. The highest BCUT2D eigenvalue weighted by Gasteiger charge is 2.61. The molecule has 2 nitrogen and oxygen atoms in total. The molecule has 3 aliphatic rings. The van der Waals surface area contributed by atoms with Crippen LogP contribution in [0, 0.1) is 34.0 Å². The molecule has 3 fully saturated rings. The number of aliphatic hydroxyl groups is 1. The quantitative estimate of drug-likeness (QED) is 0.586. The smallest absolute Gasteiger partial charge is 0.0960 e. The second-order valence-corrected chi connectivity index (χ2v) is 11.1. The second kappa shape index (κ2) is 6.51. The van der Waals surface area contributed by atoms with Gasteiger partial charge in [0.1, 0.15) is 0 Å². The fraction of sp³-hybridized carbons (Fsp3) is 0.760. The summed E-state index contributed by atoms with van der Waals surface area (Å²) in [6, 6.07) is 1.90. The van der Waals surface area contributed by atoms with E-state index in [9.17, 15) is 5.11 Å². The van der Waals surface area contributed by atoms with Crippen molar-refractivity contribution in [2.45, 2.75) is 85.2 Å². The molecule has 3 aliphatic carbocycles. The zero-order valence-corrected chi connectivity index (χ0v) is 17.8. The summed E-state index contributed by atoms with van der Waals surface area (Å²) in [7, 11) is 0. The largest absolute Gasteiger partial charge is 0.472 e. The molecule has 0 aromatic carbocycles. The fourth-order valence-electron chi connectivity index (χ4n) is 7.99. The Morgan fingerprint density at radius 1 is 1.11 bits per heavy atom. The molecule has 1 heterocycles. The molecule has 0 spiro atoms. The van der Waals surface area contributed by atoms with Gasteiger partial charge in [-0.25, -0.2) is 0 Å². The molecule has 3 saturated carbocycles. The Morgan fingerprint density at radius 2 is 1.89 bits per heavy atom. The van der Waals surface area contributed by atoms with Crippen molar-refractivity contribution >= 4 is 0 Å². The van der Waals surface area contributed by atoms with Crippen LogP contribution < -0.4 is 0 Å². The molecule has 1 aromatic heterocycles. The molecule has 4 rings (SSSR count). The molecule has 27 heavy (non-hydrogen) atoms. The van der Waals surface area contributed by atoms with E-state index in [2.05, 4.69) is 34.3 Å². The summed E-state index contributed by atoms with van der Waals surface area (Å²) in [6.45, 7) is 14.6. The van der Waals surface area contributed by atoms with Crippen molar-refractivity contribution in [3.05, 3.63) is 36.3 Å². The summed E-state index contributed by atoms with van der Waals surface area (Å²) in [6.07, 6.45) is 12.9. The van der Waals surface area contributed by atoms with Crippen molar-refractivity contribution in [2.75, 3.05) is 0 Å². The van der Waals surface area contributed by atoms with Gasteiger partial charge in [-0.05, 0) is 85.0 Å². The summed E-state index contributed by atoms with van der Waals surface area (Å²) in [5.74, 6) is 1.99. The first kappa shape index (κ1) is 19.3. The van der Waals surface area contributed by atoms with Gasteiger partial charge in [0.25, 0.3) is 0 Å². The van der Waals surface area contributed by atoms with Crippen LogP contribution >= 0.6 is 0 Å². The first-order valence-electron chi connectivity index (χ1n) is 11.1. The van der Waals surface area contributed by atoms with E-state index < -0.39 is 6.10 Å². The predicted octanol–water partition coefficient (Wildman–Crippen LogP) is 6.92. The number of allylic oxidation sites excluding steroid dienone is 1. The first-order valence-corrected chi connectivity index (χ1v) is 11.1. The minimum absolute atomic E-state index is 0.263. The fourth-order valence-corrected chi connectivity index (χ4v) is 7.99. The van der Waals surface area contributed by atoms with Crippen LogP contribution in [0.4, 0.5) is 0 Å². The number of hydrogen-bond donors (Lipinski definition) is 1. The van der Waals surface area contributed by atoms with Crippen molar-refractivity contribution in [3.63, 3.8) is 0 Å². The molecule has 150 valence electrons. The minimum atomic E-state index is -0.450. The third-order valence-electron chi connectivity index (χ3n) is 9.27. The lowest BCUT2D eigenvalue weighted by Crippen LogP contribution is -2.58. The summed E-state index contributed by atoms with van der Waals surface area (Å²) in [5, 5.41) is 10.9. The topological polar surface area (TPSA) is 33.4 Å². The molecule has 0 saturated heterocycles. The van der Waals surface area contributed by atoms with Crippen LogP contribution in [0.15, 0.2) is 35.2 Å². The van der Waals surface area contributed by atoms with Gasteiger partial charge in [0.2, 0.25) is 0 Å². The van der Waals surface area contributed by atoms with E-state index in [1.165, 1.54) is 44.1 Å². The Bertz CT molecular complexity index is 687. The van der Waals surface area contributed by atoms with Crippen LogP contribution in [0.3, 0.4) is 0 Å². The molecule has 2 heteroatoms. The molecule has 1 N–H and O–H groups in total. The zero-order chi connectivity index (χ0) is 19.4. The Labute approximate surface area is 165 Å². The number of hydrogen-bond acceptors (Lipinski definition) is 2. The van der Waals surface area contributed by atoms with Crippen molar-refractivity contribution in [1.82, 2.24) is 0 Å². The normalized spacial score (nSPS) is 42.3. The van der Waals surface area contributed by atoms with Gasteiger partial charge in [-0.1, -0.05) is 46.3 Å². The van der Waals surface area contributed by atoms with Gasteiger partial charge in [0, 0.05) is 5.56 Å². The zero-order valence-electron chi connectivity index (χ0n) is 17.8. The molecule has 0 radical (unpaired) electrons. The highest BCUT2D eigenvalue weighted by atomic mass is 16.3. The van der Waals surface area contributed by atoms with Crippen molar-refractivity contribution in [2.24, 2.45) is 34.0 Å². The first-order chi connectivity index (χ1) is 12.7. The third kappa shape index (κ3) is 2.94. The molecule has 0 unspecified atom stereocenters. The Morgan fingerprint density at radius 3 is 2.59 bits per heavy atom. The minimum Gasteiger partial charge on any atom is -0.472 e. The monoisotopic (exact) mass is 370 g/mol. The second-order valence-electron chi connectivity index (χ2n) is 11.1. The number of rotatable bonds is 3. The summed E-state index contributed by atoms with van der Waals surface area (Å²) in [4.78, 5) is 0. The van der Waals surface area contributed by atoms with E-state index in [1.807, 2.05) is 6.07 Å². The van der Waals surface area contributed by atoms with Gasteiger partial charge >= 0.3 is 0 Å². The van der Waals surface area contributed by atoms with Gasteiger partial charge in [0.05, 0.1) is 18.6 Å². The van der Waals surface area contributed by atoms with E-state index in [4.69, 9.17) is 4.42 Å². The molecule has 1 aromatic rings. The lowest BCUT2D eigenvalue weighted by Gasteiger charge is -2.66. The van der Waals surface area contributed by atoms with Crippen LogP contribution in [-0.4, -0.2) is 5.11 Å². The lowest BCUT2D eigenvalue weighted by molar-refractivity contribution is -0.156. The lowest BCUT2D eigenvalue weighted by atomic mass is 9.39. The van der Waals surface area contributed by atoms with Gasteiger partial charge in [0.15, 0.2) is 0 Å². The maximum atomic E-state index is 10.9. The molecule has 0 amide bonds. The maximum absolute atomic E-state index is 10.9. The van der Waals surface area contributed by atoms with Gasteiger partial charge in [-0.15, -0.1) is 0 Å². The van der Waals surface area contributed by atoms with Gasteiger partial charge in [-0.3, -0.25) is 0 Å². The summed E-state index contributed by atoms with van der Waals surface area (Å²) < 4.78 is 5.21. The molecular formula is C25H38O2. The van der Waals surface area contributed by atoms with Crippen LogP contribution in [0.5, 0.6) is 0 Å². The Balaban J connectivity index is 1.65. The number of aliphatic hydroxyl groups excluding tert-OH is 1. The molecule has 0 aliphatic heterocycles. The molecule has 0 bridgehead atoms. The summed E-state index contributed by atoms with van der Waals surface area (Å²) >= 11 is 0. The van der Waals surface area contributed by atoms with Gasteiger partial charge in [-0.2, -0.15) is 0 Å². The van der Waals surface area contributed by atoms with Crippen LogP contribution in [0.1, 0.15) is 90.7 Å². The summed E-state index contributed by atoms with van der Waals surface area (Å²) in [5.41, 5.74) is 3.45. The highest BCUT2D eigenvalue weighted by molar-refractivity contribution is 5.20. The standard InChI is InChI=1S/C25H38O2/c1-17-7-8-22-24(4,19(17)15-20(26)18-10-14-27-16-18)13-9-21-23(2,3)11-6-12-25(21,22)5/h10,14,16,19-22,26H,1,6-9,11-13,15H2,2-5H3/t19-,20+,21+,22+,24+,25+/m1/s1. The number of furan rings is 1. The Hall–Kier alpha value is -1.02. The van der Waals surface area contributed by atoms with E-state index in [0.29, 0.717) is 16.7 Å². The van der Waals surface area contributed by atoms with E-state index in [-0.39, 0.29) is 5.41 Å². The van der Waals surface area contributed by atoms with E-state index in [0.717, 1.165) is 30.2 Å². The van der Waals surface area contributed by atoms with Crippen LogP contribution in [0.25, 0.3) is 0 Å². The van der Waals surface area contributed by atoms with Gasteiger partial charge < -0.3 is 9.52 Å². The average Bonchev–Trinajstić information content (AvgIpc) is 3.11. The third-order valence-corrected chi connectivity index (χ3v) is 9.27. The molecular weight excluding hydrogens is 332 g/mol. The molecule has 6 atom stereocenters. The van der Waals surface area contributed by atoms with E-state index in [1.54, 1.807) is 12.5 Å². The van der Waals surface area contributed by atoms with Crippen molar-refractivity contribution in [1.29, 1.82) is 0 Å². The van der Waals surface area contributed by atoms with Crippen molar-refractivity contribution in [3.8, 4) is 0 Å². The highest BCUT2D eigenvalue weighted by Crippen LogP contribution is 2.69. The van der Waals surface area contributed by atoms with Crippen molar-refractivity contribution < 1.29 is 9.52 Å². The van der Waals surface area contributed by atoms with E-state index >= 15 is 0 Å².